The van der Waals surface area contributed by atoms with Crippen LogP contribution in [0.1, 0.15) is 101 Å². The maximum atomic E-state index is 12.8. The highest BCUT2D eigenvalue weighted by atomic mass is 16.3. The smallest absolute Gasteiger partial charge is 0.230 e. The van der Waals surface area contributed by atoms with Gasteiger partial charge in [0.15, 0.2) is 23.2 Å². The van der Waals surface area contributed by atoms with Crippen LogP contribution in [0.2, 0.25) is 0 Å². The number of nitrogens with zero attached hydrogens (tertiary/aromatic N) is 4. The van der Waals surface area contributed by atoms with Crippen LogP contribution in [0.3, 0.4) is 0 Å². The number of pyridine rings is 2. The molecule has 4 heterocycles. The molecule has 0 aliphatic rings. The first-order valence-corrected chi connectivity index (χ1v) is 17.5. The number of carbonyl (C=O) groups excluding carboxylic acids is 4. The van der Waals surface area contributed by atoms with Crippen LogP contribution in [0, 0.1) is 11.8 Å². The van der Waals surface area contributed by atoms with E-state index in [1.54, 1.807) is 36.7 Å². The van der Waals surface area contributed by atoms with Gasteiger partial charge in [-0.3, -0.25) is 38.7 Å². The van der Waals surface area contributed by atoms with Gasteiger partial charge in [0.2, 0.25) is 11.8 Å². The van der Waals surface area contributed by atoms with Crippen molar-refractivity contribution in [2.24, 2.45) is 22.6 Å². The van der Waals surface area contributed by atoms with E-state index in [1.165, 1.54) is 51.4 Å². The Morgan fingerprint density at radius 3 is 1.74 bits per heavy atom. The maximum Gasteiger partial charge on any atom is 0.230 e. The number of rotatable bonds is 9. The first kappa shape index (κ1) is 40.5. The molecule has 0 saturated heterocycles. The summed E-state index contributed by atoms with van der Waals surface area (Å²) >= 11 is 0. The van der Waals surface area contributed by atoms with Gasteiger partial charge in [-0.25, -0.2) is 0 Å². The maximum absolute atomic E-state index is 12.8. The second-order valence-electron chi connectivity index (χ2n) is 13.5. The lowest BCUT2D eigenvalue weighted by Gasteiger charge is -2.09. The number of hydrogen-bond acceptors (Lipinski definition) is 10. The van der Waals surface area contributed by atoms with Gasteiger partial charge in [0.1, 0.15) is 0 Å². The zero-order valence-corrected chi connectivity index (χ0v) is 31.5. The van der Waals surface area contributed by atoms with E-state index in [9.17, 15) is 29.4 Å². The molecule has 0 aliphatic carbocycles. The minimum absolute atomic E-state index is 0.00509. The molecule has 6 aromatic rings. The molecule has 4 aromatic heterocycles. The summed E-state index contributed by atoms with van der Waals surface area (Å²) in [5.74, 6) is -0.392. The minimum atomic E-state index is -0.444. The number of aromatic hydroxyl groups is 2. The third-order valence-electron chi connectivity index (χ3n) is 8.30. The number of fused-ring (bicyclic) bond motifs is 2. The third-order valence-corrected chi connectivity index (χ3v) is 8.30. The van der Waals surface area contributed by atoms with Crippen LogP contribution in [0.15, 0.2) is 90.4 Å². The average molecular weight is 731 g/mol. The van der Waals surface area contributed by atoms with Gasteiger partial charge in [0.25, 0.3) is 0 Å². The summed E-state index contributed by atoms with van der Waals surface area (Å²) in [6.45, 7) is 14.1. The molecule has 0 spiro atoms. The molecular formula is C42H46N6O6. The Morgan fingerprint density at radius 2 is 1.24 bits per heavy atom. The molecule has 0 amide bonds. The Hall–Kier alpha value is -6.27. The van der Waals surface area contributed by atoms with Gasteiger partial charge in [0.05, 0.1) is 22.4 Å². The lowest BCUT2D eigenvalue weighted by molar-refractivity contribution is 0.0931. The van der Waals surface area contributed by atoms with Crippen LogP contribution in [0.5, 0.6) is 11.8 Å². The van der Waals surface area contributed by atoms with Crippen molar-refractivity contribution in [2.75, 3.05) is 13.1 Å². The number of Topliss-reactive ketones (excluding diaryl/α,β-unsaturated/α-hetero) is 2. The molecule has 0 unspecified atom stereocenters. The van der Waals surface area contributed by atoms with Crippen LogP contribution in [0.25, 0.3) is 21.8 Å². The number of nitrogens with two attached hydrogens (primary N) is 1. The summed E-state index contributed by atoms with van der Waals surface area (Å²) in [5.41, 5.74) is 9.82. The number of aromatic nitrogens is 4. The van der Waals surface area contributed by atoms with Crippen molar-refractivity contribution >= 4 is 50.8 Å². The zero-order chi connectivity index (χ0) is 39.7. The molecule has 0 aliphatic heterocycles. The molecule has 5 N–H and O–H groups in total. The largest absolute Gasteiger partial charge is 0.494 e. The van der Waals surface area contributed by atoms with E-state index >= 15 is 0 Å². The minimum Gasteiger partial charge on any atom is -0.494 e. The molecule has 6 rings (SSSR count). The Morgan fingerprint density at radius 1 is 0.722 bits per heavy atom. The summed E-state index contributed by atoms with van der Waals surface area (Å²) < 4.78 is 1.06. The van der Waals surface area contributed by atoms with Gasteiger partial charge in [-0.15, -0.1) is 0 Å². The number of aromatic amines is 1. The summed E-state index contributed by atoms with van der Waals surface area (Å²) in [6, 6.07) is 16.8. The summed E-state index contributed by atoms with van der Waals surface area (Å²) in [5, 5.41) is 22.1. The fourth-order valence-electron chi connectivity index (χ4n) is 5.42. The first-order chi connectivity index (χ1) is 25.7. The highest BCUT2D eigenvalue weighted by Crippen LogP contribution is 2.34. The number of ketones is 3. The predicted octanol–water partition coefficient (Wildman–Crippen LogP) is 7.40. The Kier molecular flexibility index (Phi) is 13.5. The molecule has 0 radical (unpaired) electrons. The van der Waals surface area contributed by atoms with Crippen molar-refractivity contribution in [3.8, 4) is 11.8 Å². The fraction of sp³-hybridized carbons (Fsp3) is 0.262. The van der Waals surface area contributed by atoms with E-state index in [0.29, 0.717) is 57.2 Å². The molecule has 2 aromatic carbocycles. The monoisotopic (exact) mass is 730 g/mol. The number of aliphatic imine (C=N–C) groups is 1. The molecule has 0 bridgehead atoms. The molecule has 54 heavy (non-hydrogen) atoms. The van der Waals surface area contributed by atoms with Gasteiger partial charge in [-0.1, -0.05) is 27.7 Å². The molecule has 12 heteroatoms. The second-order valence-corrected chi connectivity index (χ2v) is 13.5. The van der Waals surface area contributed by atoms with E-state index in [0.717, 1.165) is 27.6 Å². The molecule has 12 nitrogen and oxygen atoms in total. The normalized spacial score (nSPS) is 11.3. The summed E-state index contributed by atoms with van der Waals surface area (Å²) in [7, 11) is 0. The van der Waals surface area contributed by atoms with Crippen molar-refractivity contribution in [1.82, 2.24) is 19.5 Å². The highest BCUT2D eigenvalue weighted by molar-refractivity contribution is 6.22. The van der Waals surface area contributed by atoms with Crippen LogP contribution in [0.4, 0.5) is 0 Å². The summed E-state index contributed by atoms with van der Waals surface area (Å²) in [4.78, 5) is 63.7. The Balaban J connectivity index is 0.000000214. The van der Waals surface area contributed by atoms with Gasteiger partial charge >= 0.3 is 0 Å². The first-order valence-electron chi connectivity index (χ1n) is 17.5. The number of carbonyl (C=O) groups is 4. The Labute approximate surface area is 313 Å². The van der Waals surface area contributed by atoms with Crippen molar-refractivity contribution in [2.45, 2.75) is 48.5 Å². The van der Waals surface area contributed by atoms with Crippen LogP contribution < -0.4 is 5.73 Å². The number of H-pyrrole nitrogens is 1. The standard InChI is InChI=1S/C20H21N3O2.C18H14N2O4.C4H11N/c1-12(2)11-22-19(14-6-8-21-9-7-14)18-16-10-15(13(3)24)4-5-17(16)23-20(18)25;1-10(21)13-3-4-15-14(9-13)16(18(24)20(15)11(2)22)17(23)12-5-7-19-8-6-12;1-4(2)3-5/h4-10,12,23,25H,11H2,1-3H3;3-9,24H,1-2H3;4H,3,5H2,1-2H3. The second kappa shape index (κ2) is 18.0. The van der Waals surface area contributed by atoms with Gasteiger partial charge in [0, 0.05) is 76.8 Å². The van der Waals surface area contributed by atoms with Crippen LogP contribution in [-0.4, -0.2) is 71.8 Å². The lowest BCUT2D eigenvalue weighted by atomic mass is 9.99. The fourth-order valence-corrected chi connectivity index (χ4v) is 5.42. The van der Waals surface area contributed by atoms with Crippen LogP contribution in [-0.2, 0) is 0 Å². The lowest BCUT2D eigenvalue weighted by Crippen LogP contribution is -2.07. The third kappa shape index (κ3) is 9.39. The van der Waals surface area contributed by atoms with Crippen molar-refractivity contribution in [3.05, 3.63) is 119 Å². The number of hydrogen-bond donors (Lipinski definition) is 4. The molecule has 0 atom stereocenters. The van der Waals surface area contributed by atoms with E-state index in [2.05, 4.69) is 42.6 Å². The van der Waals surface area contributed by atoms with E-state index < -0.39 is 17.6 Å². The Bertz CT molecular complexity index is 2320. The van der Waals surface area contributed by atoms with Crippen molar-refractivity contribution < 1.29 is 29.4 Å². The van der Waals surface area contributed by atoms with E-state index in [4.69, 9.17) is 10.7 Å². The highest BCUT2D eigenvalue weighted by Gasteiger charge is 2.26. The summed E-state index contributed by atoms with van der Waals surface area (Å²) in [6.07, 6.45) is 6.34. The molecule has 280 valence electrons. The van der Waals surface area contributed by atoms with Gasteiger partial charge < -0.3 is 20.9 Å². The molecule has 0 fully saturated rings. The van der Waals surface area contributed by atoms with Gasteiger partial charge in [-0.2, -0.15) is 0 Å². The van der Waals surface area contributed by atoms with Crippen molar-refractivity contribution in [3.63, 3.8) is 0 Å². The molecular weight excluding hydrogens is 684 g/mol. The van der Waals surface area contributed by atoms with E-state index in [1.807, 2.05) is 18.2 Å². The molecule has 0 saturated carbocycles. The number of benzene rings is 2. The SMILES string of the molecule is CC(=O)c1ccc2[nH]c(O)c(C(=NCC(C)C)c3ccncc3)c2c1.CC(=O)c1ccc2c(c1)c(C(=O)c1ccncc1)c(O)n2C(C)=O.CC(C)CN. The van der Waals surface area contributed by atoms with Crippen LogP contribution >= 0.6 is 0 Å². The van der Waals surface area contributed by atoms with E-state index in [-0.39, 0.29) is 23.0 Å². The average Bonchev–Trinajstić information content (AvgIpc) is 3.64. The van der Waals surface area contributed by atoms with Gasteiger partial charge in [-0.05, 0) is 92.9 Å². The topological polar surface area (TPSA) is 194 Å². The number of nitrogens with one attached hydrogen (secondary N) is 1. The zero-order valence-electron chi connectivity index (χ0n) is 31.5. The quantitative estimate of drug-likeness (QED) is 0.0866. The van der Waals surface area contributed by atoms with Crippen molar-refractivity contribution in [1.29, 1.82) is 0 Å². The predicted molar refractivity (Wildman–Crippen MR) is 211 cm³/mol.